The molecule has 4 rings (SSSR count). The molecule has 1 atom stereocenters. The lowest BCUT2D eigenvalue weighted by Crippen LogP contribution is -2.51. The van der Waals surface area contributed by atoms with Crippen molar-refractivity contribution in [1.82, 2.24) is 14.8 Å². The zero-order valence-corrected chi connectivity index (χ0v) is 16.8. The van der Waals surface area contributed by atoms with Gasteiger partial charge in [0.1, 0.15) is 12.6 Å². The van der Waals surface area contributed by atoms with Crippen LogP contribution >= 0.6 is 0 Å². The van der Waals surface area contributed by atoms with Crippen LogP contribution in [0.5, 0.6) is 0 Å². The fraction of sp³-hybridized carbons (Fsp3) is 0.200. The maximum Gasteiger partial charge on any atom is 0.363 e. The largest absolute Gasteiger partial charge is 0.363 e. The van der Waals surface area contributed by atoms with E-state index in [1.165, 1.54) is 33.3 Å². The van der Waals surface area contributed by atoms with Crippen molar-refractivity contribution in [2.24, 2.45) is 0 Å². The highest BCUT2D eigenvalue weighted by atomic mass is 32.2. The van der Waals surface area contributed by atoms with Crippen LogP contribution < -0.4 is 9.73 Å². The van der Waals surface area contributed by atoms with Gasteiger partial charge >= 0.3 is 6.03 Å². The second-order valence-electron chi connectivity index (χ2n) is 6.75. The molecule has 0 aromatic heterocycles. The van der Waals surface area contributed by atoms with E-state index in [-0.39, 0.29) is 30.6 Å². The minimum absolute atomic E-state index is 0.0151. The molecule has 2 bridgehead atoms. The smallest absolute Gasteiger partial charge is 0.272 e. The average Bonchev–Trinajstić information content (AvgIpc) is 3.03. The van der Waals surface area contributed by atoms with Crippen molar-refractivity contribution in [1.29, 1.82) is 0 Å². The van der Waals surface area contributed by atoms with E-state index in [0.29, 0.717) is 5.69 Å². The maximum atomic E-state index is 12.9. The summed E-state index contributed by atoms with van der Waals surface area (Å²) in [6, 6.07) is 14.1. The molecule has 0 radical (unpaired) electrons. The molecule has 9 nitrogen and oxygen atoms in total. The lowest BCUT2D eigenvalue weighted by atomic mass is 10.0. The minimum Gasteiger partial charge on any atom is -0.272 e. The van der Waals surface area contributed by atoms with Gasteiger partial charge in [0.2, 0.25) is 0 Å². The van der Waals surface area contributed by atoms with Crippen LogP contribution in [0.25, 0.3) is 0 Å². The summed E-state index contributed by atoms with van der Waals surface area (Å²) in [6.07, 6.45) is 1.54. The number of hydrazine groups is 1. The van der Waals surface area contributed by atoms with E-state index in [9.17, 15) is 18.0 Å². The molecule has 156 valence electrons. The van der Waals surface area contributed by atoms with Crippen molar-refractivity contribution < 1.29 is 22.8 Å². The number of amides is 3. The quantitative estimate of drug-likeness (QED) is 0.676. The number of sulfonamides is 1. The Balaban J connectivity index is 1.58. The van der Waals surface area contributed by atoms with E-state index in [1.54, 1.807) is 30.3 Å². The monoisotopic (exact) mass is 428 g/mol. The Morgan fingerprint density at radius 2 is 1.87 bits per heavy atom. The van der Waals surface area contributed by atoms with Crippen molar-refractivity contribution in [2.75, 3.05) is 24.7 Å². The zero-order valence-electron chi connectivity index (χ0n) is 16.0. The topological polar surface area (TPSA) is 99.3 Å². The number of carbonyl (C=O) groups excluding carboxylic acids is 2. The number of fused-ring (bicyclic) bond motifs is 4. The predicted molar refractivity (Wildman–Crippen MR) is 108 cm³/mol. The van der Waals surface area contributed by atoms with Crippen molar-refractivity contribution in [3.8, 4) is 0 Å². The number of benzene rings is 2. The van der Waals surface area contributed by atoms with Gasteiger partial charge in [-0.3, -0.25) is 14.6 Å². The first-order valence-electron chi connectivity index (χ1n) is 9.24. The summed E-state index contributed by atoms with van der Waals surface area (Å²) in [5.74, 6) is -0.759. The molecule has 1 fully saturated rings. The predicted octanol–water partition coefficient (Wildman–Crippen LogP) is 1.82. The van der Waals surface area contributed by atoms with Crippen LogP contribution in [0.1, 0.15) is 11.6 Å². The fourth-order valence-electron chi connectivity index (χ4n) is 3.55. The molecule has 1 N–H and O–H groups in total. The van der Waals surface area contributed by atoms with Gasteiger partial charge in [-0.05, 0) is 18.2 Å². The summed E-state index contributed by atoms with van der Waals surface area (Å²) < 4.78 is 27.0. The first-order valence-corrected chi connectivity index (χ1v) is 10.7. The van der Waals surface area contributed by atoms with E-state index in [0.717, 1.165) is 5.56 Å². The van der Waals surface area contributed by atoms with Gasteiger partial charge in [-0.1, -0.05) is 42.5 Å². The van der Waals surface area contributed by atoms with Gasteiger partial charge in [-0.2, -0.15) is 5.06 Å². The minimum atomic E-state index is -4.01. The van der Waals surface area contributed by atoms with Gasteiger partial charge in [0.05, 0.1) is 23.7 Å². The number of hydrogen-bond acceptors (Lipinski definition) is 6. The SMILES string of the molecule is C=CCON1C(=O)N2CC1c1ccccc1N2CC(=O)NS(=O)(=O)c1ccccc1. The Kier molecular flexibility index (Phi) is 5.18. The number of rotatable bonds is 7. The standard InChI is InChI=1S/C20H20N4O5S/c1-2-12-29-24-18-13-23(20(24)26)22(17-11-7-6-10-16(17)18)14-19(25)21-30(27,28)15-8-4-3-5-9-15/h2-11,18H,1,12-14H2,(H,21,25). The number of nitrogens with one attached hydrogen (secondary N) is 1. The highest BCUT2D eigenvalue weighted by Gasteiger charge is 2.48. The summed E-state index contributed by atoms with van der Waals surface area (Å²) in [6.45, 7) is 3.69. The molecule has 1 saturated heterocycles. The number of nitrogens with zero attached hydrogens (tertiary/aromatic N) is 3. The second kappa shape index (κ2) is 7.81. The molecule has 2 aromatic rings. The Labute approximate surface area is 174 Å². The summed E-state index contributed by atoms with van der Waals surface area (Å²) in [5.41, 5.74) is 1.45. The molecule has 2 aliphatic rings. The van der Waals surface area contributed by atoms with Crippen LogP contribution in [0, 0.1) is 0 Å². The van der Waals surface area contributed by atoms with Gasteiger partial charge in [-0.15, -0.1) is 6.58 Å². The zero-order chi connectivity index (χ0) is 21.3. The fourth-order valence-corrected chi connectivity index (χ4v) is 4.55. The molecule has 2 aromatic carbocycles. The molecule has 0 aliphatic carbocycles. The van der Waals surface area contributed by atoms with Crippen LogP contribution in [0.2, 0.25) is 0 Å². The molecule has 1 unspecified atom stereocenters. The Hall–Kier alpha value is -3.37. The second-order valence-corrected chi connectivity index (χ2v) is 8.43. The molecular formula is C20H20N4O5S. The van der Waals surface area contributed by atoms with Crippen molar-refractivity contribution >= 4 is 27.6 Å². The lowest BCUT2D eigenvalue weighted by molar-refractivity contribution is -0.119. The molecule has 0 spiro atoms. The number of hydroxylamine groups is 2. The number of para-hydroxylation sites is 1. The van der Waals surface area contributed by atoms with Crippen molar-refractivity contribution in [3.63, 3.8) is 0 Å². The van der Waals surface area contributed by atoms with Crippen LogP contribution in [0.4, 0.5) is 10.5 Å². The highest BCUT2D eigenvalue weighted by molar-refractivity contribution is 7.90. The lowest BCUT2D eigenvalue weighted by Gasteiger charge is -2.36. The van der Waals surface area contributed by atoms with Gasteiger partial charge in [0.15, 0.2) is 0 Å². The van der Waals surface area contributed by atoms with E-state index < -0.39 is 22.0 Å². The molecule has 10 heteroatoms. The van der Waals surface area contributed by atoms with Crippen molar-refractivity contribution in [3.05, 3.63) is 72.8 Å². The van der Waals surface area contributed by atoms with Crippen LogP contribution in [-0.4, -0.2) is 50.1 Å². The molecular weight excluding hydrogens is 408 g/mol. The average molecular weight is 428 g/mol. The van der Waals surface area contributed by atoms with Gasteiger partial charge in [-0.25, -0.2) is 22.9 Å². The summed E-state index contributed by atoms with van der Waals surface area (Å²) in [7, 11) is -4.01. The van der Waals surface area contributed by atoms with Gasteiger partial charge in [0, 0.05) is 5.56 Å². The first kappa shape index (κ1) is 19.9. The normalized spacial score (nSPS) is 17.7. The van der Waals surface area contributed by atoms with Gasteiger partial charge < -0.3 is 0 Å². The van der Waals surface area contributed by atoms with E-state index in [2.05, 4.69) is 11.3 Å². The first-order chi connectivity index (χ1) is 14.4. The van der Waals surface area contributed by atoms with E-state index in [1.807, 2.05) is 12.1 Å². The number of carbonyl (C=O) groups is 2. The van der Waals surface area contributed by atoms with Crippen LogP contribution in [0.15, 0.2) is 72.1 Å². The third kappa shape index (κ3) is 3.51. The Bertz CT molecular complexity index is 1090. The molecule has 30 heavy (non-hydrogen) atoms. The maximum absolute atomic E-state index is 12.9. The highest BCUT2D eigenvalue weighted by Crippen LogP contribution is 2.42. The molecule has 2 aliphatic heterocycles. The Morgan fingerprint density at radius 1 is 1.17 bits per heavy atom. The van der Waals surface area contributed by atoms with Gasteiger partial charge in [0.25, 0.3) is 15.9 Å². The van der Waals surface area contributed by atoms with E-state index >= 15 is 0 Å². The van der Waals surface area contributed by atoms with E-state index in [4.69, 9.17) is 4.84 Å². The molecule has 2 heterocycles. The number of hydrogen-bond donors (Lipinski definition) is 1. The van der Waals surface area contributed by atoms with Crippen LogP contribution in [-0.2, 0) is 19.7 Å². The summed E-state index contributed by atoms with van der Waals surface area (Å²) in [4.78, 5) is 31.0. The third-order valence-electron chi connectivity index (χ3n) is 4.83. The number of urea groups is 1. The van der Waals surface area contributed by atoms with Crippen molar-refractivity contribution in [2.45, 2.75) is 10.9 Å². The third-order valence-corrected chi connectivity index (χ3v) is 6.22. The summed E-state index contributed by atoms with van der Waals surface area (Å²) in [5, 5.41) is 4.12. The van der Waals surface area contributed by atoms with Crippen LogP contribution in [0.3, 0.4) is 0 Å². The number of anilines is 1. The Morgan fingerprint density at radius 3 is 2.60 bits per heavy atom. The molecule has 0 saturated carbocycles. The molecule has 3 amide bonds. The summed E-state index contributed by atoms with van der Waals surface area (Å²) >= 11 is 0.